The molecular weight excluding hydrogens is 288 g/mol. The SMILES string of the molecule is O=C(O)C=CC(O)(C=CC(=O)O)C(O)(C=CC(=O)O)CO. The highest BCUT2D eigenvalue weighted by molar-refractivity contribution is 5.82. The lowest BCUT2D eigenvalue weighted by atomic mass is 9.82. The van der Waals surface area contributed by atoms with Crippen LogP contribution in [0.15, 0.2) is 36.5 Å². The molecule has 0 heterocycles. The highest BCUT2D eigenvalue weighted by Gasteiger charge is 2.44. The summed E-state index contributed by atoms with van der Waals surface area (Å²) >= 11 is 0. The van der Waals surface area contributed by atoms with Crippen molar-refractivity contribution in [2.45, 2.75) is 11.2 Å². The highest BCUT2D eigenvalue weighted by Crippen LogP contribution is 2.27. The zero-order chi connectivity index (χ0) is 16.7. The molecule has 0 fully saturated rings. The molecule has 9 nitrogen and oxygen atoms in total. The molecule has 0 aromatic heterocycles. The number of carboxylic acids is 3. The van der Waals surface area contributed by atoms with Crippen molar-refractivity contribution >= 4 is 17.9 Å². The van der Waals surface area contributed by atoms with Crippen LogP contribution in [0.4, 0.5) is 0 Å². The highest BCUT2D eigenvalue weighted by atomic mass is 16.4. The number of aliphatic carboxylic acids is 3. The van der Waals surface area contributed by atoms with Crippen molar-refractivity contribution < 1.29 is 45.0 Å². The van der Waals surface area contributed by atoms with Crippen LogP contribution in [-0.4, -0.2) is 66.4 Å². The Bertz CT molecular complexity index is 479. The van der Waals surface area contributed by atoms with Gasteiger partial charge in [0.15, 0.2) is 0 Å². The molecule has 1 atom stereocenters. The monoisotopic (exact) mass is 302 g/mol. The van der Waals surface area contributed by atoms with Gasteiger partial charge in [-0.05, 0) is 18.2 Å². The van der Waals surface area contributed by atoms with E-state index in [2.05, 4.69) is 0 Å². The van der Waals surface area contributed by atoms with Gasteiger partial charge in [0.05, 0.1) is 6.61 Å². The predicted octanol–water partition coefficient (Wildman–Crippen LogP) is -1.64. The largest absolute Gasteiger partial charge is 0.478 e. The van der Waals surface area contributed by atoms with E-state index in [1.807, 2.05) is 0 Å². The fraction of sp³-hybridized carbons (Fsp3) is 0.250. The average molecular weight is 302 g/mol. The normalized spacial score (nSPS) is 17.9. The van der Waals surface area contributed by atoms with E-state index < -0.39 is 35.7 Å². The van der Waals surface area contributed by atoms with Gasteiger partial charge in [0.25, 0.3) is 0 Å². The van der Waals surface area contributed by atoms with Crippen LogP contribution in [0.25, 0.3) is 0 Å². The third-order valence-electron chi connectivity index (χ3n) is 2.40. The second-order valence-electron chi connectivity index (χ2n) is 3.92. The molecule has 9 heteroatoms. The fourth-order valence-electron chi connectivity index (χ4n) is 1.26. The van der Waals surface area contributed by atoms with E-state index in [4.69, 9.17) is 20.4 Å². The molecule has 0 spiro atoms. The van der Waals surface area contributed by atoms with Crippen molar-refractivity contribution in [1.29, 1.82) is 0 Å². The Morgan fingerprint density at radius 3 is 1.38 bits per heavy atom. The summed E-state index contributed by atoms with van der Waals surface area (Å²) in [4.78, 5) is 31.4. The fourth-order valence-corrected chi connectivity index (χ4v) is 1.26. The van der Waals surface area contributed by atoms with Crippen LogP contribution < -0.4 is 0 Å². The Balaban J connectivity index is 5.88. The van der Waals surface area contributed by atoms with Crippen LogP contribution in [0.2, 0.25) is 0 Å². The van der Waals surface area contributed by atoms with Gasteiger partial charge in [0.1, 0.15) is 11.2 Å². The molecule has 0 saturated carbocycles. The number of carboxylic acid groups (broad SMARTS) is 3. The molecule has 6 N–H and O–H groups in total. The second kappa shape index (κ2) is 7.33. The van der Waals surface area contributed by atoms with E-state index in [1.165, 1.54) is 0 Å². The van der Waals surface area contributed by atoms with E-state index >= 15 is 0 Å². The summed E-state index contributed by atoms with van der Waals surface area (Å²) in [5, 5.41) is 54.9. The lowest BCUT2D eigenvalue weighted by Gasteiger charge is -2.36. The quantitative estimate of drug-likeness (QED) is 0.287. The van der Waals surface area contributed by atoms with Gasteiger partial charge in [-0.15, -0.1) is 0 Å². The molecule has 0 aliphatic carbocycles. The van der Waals surface area contributed by atoms with Crippen LogP contribution in [0.5, 0.6) is 0 Å². The smallest absolute Gasteiger partial charge is 0.328 e. The van der Waals surface area contributed by atoms with Gasteiger partial charge >= 0.3 is 17.9 Å². The number of rotatable bonds is 8. The molecule has 0 aliphatic heterocycles. The van der Waals surface area contributed by atoms with Crippen molar-refractivity contribution in [3.05, 3.63) is 36.5 Å². The van der Waals surface area contributed by atoms with Crippen LogP contribution in [0, 0.1) is 0 Å². The van der Waals surface area contributed by atoms with E-state index in [9.17, 15) is 24.6 Å². The molecular formula is C12H14O9. The maximum atomic E-state index is 10.5. The second-order valence-corrected chi connectivity index (χ2v) is 3.92. The van der Waals surface area contributed by atoms with Crippen LogP contribution in [0.1, 0.15) is 0 Å². The van der Waals surface area contributed by atoms with E-state index in [0.29, 0.717) is 36.5 Å². The maximum absolute atomic E-state index is 10.5. The molecule has 1 unspecified atom stereocenters. The molecule has 21 heavy (non-hydrogen) atoms. The van der Waals surface area contributed by atoms with Crippen molar-refractivity contribution in [3.8, 4) is 0 Å². The van der Waals surface area contributed by atoms with Crippen molar-refractivity contribution in [3.63, 3.8) is 0 Å². The first-order valence-electron chi connectivity index (χ1n) is 5.38. The summed E-state index contributed by atoms with van der Waals surface area (Å²) in [6.07, 6.45) is 2.75. The molecule has 0 saturated heterocycles. The van der Waals surface area contributed by atoms with Crippen molar-refractivity contribution in [2.24, 2.45) is 0 Å². The first kappa shape index (κ1) is 18.5. The minimum Gasteiger partial charge on any atom is -0.478 e. The Morgan fingerprint density at radius 1 is 0.762 bits per heavy atom. The molecule has 116 valence electrons. The van der Waals surface area contributed by atoms with Gasteiger partial charge < -0.3 is 30.6 Å². The average Bonchev–Trinajstić information content (AvgIpc) is 2.40. The first-order chi connectivity index (χ1) is 9.56. The van der Waals surface area contributed by atoms with Crippen LogP contribution >= 0.6 is 0 Å². The first-order valence-corrected chi connectivity index (χ1v) is 5.38. The minimum atomic E-state index is -2.66. The lowest BCUT2D eigenvalue weighted by molar-refractivity contribution is -0.133. The summed E-state index contributed by atoms with van der Waals surface area (Å²) in [7, 11) is 0. The van der Waals surface area contributed by atoms with Crippen LogP contribution in [-0.2, 0) is 14.4 Å². The van der Waals surface area contributed by atoms with Crippen molar-refractivity contribution in [2.75, 3.05) is 6.61 Å². The Kier molecular flexibility index (Phi) is 6.46. The summed E-state index contributed by atoms with van der Waals surface area (Å²) in [6, 6.07) is 0. The maximum Gasteiger partial charge on any atom is 0.328 e. The van der Waals surface area contributed by atoms with E-state index in [1.54, 1.807) is 0 Å². The van der Waals surface area contributed by atoms with E-state index in [0.717, 1.165) is 0 Å². The van der Waals surface area contributed by atoms with E-state index in [-0.39, 0.29) is 0 Å². The predicted molar refractivity (Wildman–Crippen MR) is 67.3 cm³/mol. The number of hydrogen-bond acceptors (Lipinski definition) is 6. The lowest BCUT2D eigenvalue weighted by Crippen LogP contribution is -2.53. The zero-order valence-corrected chi connectivity index (χ0v) is 10.6. The summed E-state index contributed by atoms with van der Waals surface area (Å²) in [5.41, 5.74) is -5.31. The number of carbonyl (C=O) groups is 3. The van der Waals surface area contributed by atoms with Crippen LogP contribution in [0.3, 0.4) is 0 Å². The molecule has 0 rings (SSSR count). The standard InChI is InChI=1S/C12H14O9/c13-7-12(21,6-3-10(18)19)11(20,4-1-8(14)15)5-2-9(16)17/h1-6,13,20-21H,7H2,(H,14,15)(H,16,17)(H,18,19). The Hall–Kier alpha value is -2.49. The molecule has 0 amide bonds. The third-order valence-corrected chi connectivity index (χ3v) is 2.40. The number of aliphatic hydroxyl groups excluding tert-OH is 1. The number of aliphatic hydroxyl groups is 3. The summed E-state index contributed by atoms with van der Waals surface area (Å²) in [6.45, 7) is -1.21. The number of hydrogen-bond donors (Lipinski definition) is 6. The van der Waals surface area contributed by atoms with Gasteiger partial charge in [-0.25, -0.2) is 14.4 Å². The third kappa shape index (κ3) is 5.57. The zero-order valence-electron chi connectivity index (χ0n) is 10.6. The van der Waals surface area contributed by atoms with Gasteiger partial charge in [-0.2, -0.15) is 0 Å². The minimum absolute atomic E-state index is 0.404. The topological polar surface area (TPSA) is 173 Å². The molecule has 0 bridgehead atoms. The van der Waals surface area contributed by atoms with Gasteiger partial charge in [0.2, 0.25) is 0 Å². The molecule has 0 radical (unpaired) electrons. The van der Waals surface area contributed by atoms with Gasteiger partial charge in [-0.1, -0.05) is 0 Å². The van der Waals surface area contributed by atoms with Gasteiger partial charge in [0, 0.05) is 18.2 Å². The summed E-state index contributed by atoms with van der Waals surface area (Å²) < 4.78 is 0. The molecule has 0 aromatic carbocycles. The molecule has 0 aromatic rings. The Morgan fingerprint density at radius 2 is 1.10 bits per heavy atom. The molecule has 0 aliphatic rings. The van der Waals surface area contributed by atoms with Crippen molar-refractivity contribution in [1.82, 2.24) is 0 Å². The Labute approximate surface area is 118 Å². The van der Waals surface area contributed by atoms with Gasteiger partial charge in [-0.3, -0.25) is 0 Å². The summed E-state index contributed by atoms with van der Waals surface area (Å²) in [5.74, 6) is -4.53.